The Hall–Kier alpha value is -3.03. The van der Waals surface area contributed by atoms with Crippen LogP contribution in [-0.2, 0) is 18.0 Å². The number of hydrogen-bond donors (Lipinski definition) is 1. The SMILES string of the molecule is Cl.O=C(OCc1cc(-c2ccc(OCc3ccccc3)cc2)no1)N1CCNCC1. The topological polar surface area (TPSA) is 76.8 Å². The smallest absolute Gasteiger partial charge is 0.410 e. The molecule has 1 aliphatic heterocycles. The van der Waals surface area contributed by atoms with Gasteiger partial charge in [0.1, 0.15) is 18.1 Å². The number of aromatic nitrogens is 1. The van der Waals surface area contributed by atoms with E-state index in [1.165, 1.54) is 0 Å². The number of halogens is 1. The maximum absolute atomic E-state index is 12.0. The Kier molecular flexibility index (Phi) is 7.70. The number of amides is 1. The van der Waals surface area contributed by atoms with Crippen LogP contribution < -0.4 is 10.1 Å². The molecular weight excluding hydrogens is 406 g/mol. The molecule has 3 aromatic rings. The second-order valence-electron chi connectivity index (χ2n) is 6.77. The number of rotatable bonds is 6. The van der Waals surface area contributed by atoms with Crippen molar-refractivity contribution in [2.75, 3.05) is 26.2 Å². The number of nitrogens with one attached hydrogen (secondary N) is 1. The maximum atomic E-state index is 12.0. The van der Waals surface area contributed by atoms with Gasteiger partial charge in [0.05, 0.1) is 0 Å². The van der Waals surface area contributed by atoms with Crippen LogP contribution >= 0.6 is 12.4 Å². The first-order valence-corrected chi connectivity index (χ1v) is 9.63. The van der Waals surface area contributed by atoms with Gasteiger partial charge in [-0.2, -0.15) is 0 Å². The molecule has 0 saturated carbocycles. The van der Waals surface area contributed by atoms with Crippen molar-refractivity contribution in [1.29, 1.82) is 0 Å². The van der Waals surface area contributed by atoms with Crippen LogP contribution in [0.3, 0.4) is 0 Å². The van der Waals surface area contributed by atoms with Crippen LogP contribution in [0.5, 0.6) is 5.75 Å². The molecule has 1 saturated heterocycles. The van der Waals surface area contributed by atoms with E-state index in [0.717, 1.165) is 30.0 Å². The zero-order valence-corrected chi connectivity index (χ0v) is 17.3. The highest BCUT2D eigenvalue weighted by Gasteiger charge is 2.18. The molecule has 1 aliphatic rings. The van der Waals surface area contributed by atoms with Crippen LogP contribution in [0.15, 0.2) is 65.2 Å². The minimum atomic E-state index is -0.329. The Labute approximate surface area is 181 Å². The minimum absolute atomic E-state index is 0. The van der Waals surface area contributed by atoms with Gasteiger partial charge in [-0.05, 0) is 29.8 Å². The Morgan fingerprint density at radius 1 is 1.03 bits per heavy atom. The zero-order valence-electron chi connectivity index (χ0n) is 16.5. The van der Waals surface area contributed by atoms with Crippen molar-refractivity contribution in [2.45, 2.75) is 13.2 Å². The standard InChI is InChI=1S/C22H23N3O4.ClH/c26-22(25-12-10-23-11-13-25)28-16-20-14-21(24-29-20)18-6-8-19(9-7-18)27-15-17-4-2-1-3-5-17;/h1-9,14,23H,10-13,15-16H2;1H. The van der Waals surface area contributed by atoms with E-state index in [4.69, 9.17) is 14.0 Å². The molecule has 0 aliphatic carbocycles. The summed E-state index contributed by atoms with van der Waals surface area (Å²) in [5.41, 5.74) is 2.71. The fraction of sp³-hybridized carbons (Fsp3) is 0.273. The highest BCUT2D eigenvalue weighted by Crippen LogP contribution is 2.23. The third-order valence-electron chi connectivity index (χ3n) is 4.67. The highest BCUT2D eigenvalue weighted by atomic mass is 35.5. The highest BCUT2D eigenvalue weighted by molar-refractivity contribution is 5.85. The van der Waals surface area contributed by atoms with Gasteiger partial charge in [0.15, 0.2) is 12.4 Å². The Bertz CT molecular complexity index is 925. The summed E-state index contributed by atoms with van der Waals surface area (Å²) < 4.78 is 16.4. The van der Waals surface area contributed by atoms with Gasteiger partial charge in [-0.3, -0.25) is 0 Å². The summed E-state index contributed by atoms with van der Waals surface area (Å²) in [6.07, 6.45) is -0.329. The Balaban J connectivity index is 0.00000256. The molecule has 30 heavy (non-hydrogen) atoms. The first-order valence-electron chi connectivity index (χ1n) is 9.63. The summed E-state index contributed by atoms with van der Waals surface area (Å²) in [7, 11) is 0. The second kappa shape index (κ2) is 10.7. The monoisotopic (exact) mass is 429 g/mol. The van der Waals surface area contributed by atoms with Gasteiger partial charge in [0, 0.05) is 37.8 Å². The number of benzene rings is 2. The van der Waals surface area contributed by atoms with Crippen molar-refractivity contribution in [3.63, 3.8) is 0 Å². The first kappa shape index (κ1) is 21.7. The van der Waals surface area contributed by atoms with Crippen molar-refractivity contribution in [3.8, 4) is 17.0 Å². The lowest BCUT2D eigenvalue weighted by Gasteiger charge is -2.26. The van der Waals surface area contributed by atoms with Crippen LogP contribution in [0.2, 0.25) is 0 Å². The van der Waals surface area contributed by atoms with E-state index in [1.807, 2.05) is 54.6 Å². The van der Waals surface area contributed by atoms with Gasteiger partial charge in [-0.25, -0.2) is 4.79 Å². The molecule has 1 aromatic heterocycles. The van der Waals surface area contributed by atoms with Crippen LogP contribution in [0, 0.1) is 0 Å². The predicted octanol–water partition coefficient (Wildman–Crippen LogP) is 3.88. The summed E-state index contributed by atoms with van der Waals surface area (Å²) in [6, 6.07) is 19.5. The average Bonchev–Trinajstić information content (AvgIpc) is 3.27. The lowest BCUT2D eigenvalue weighted by Crippen LogP contribution is -2.46. The van der Waals surface area contributed by atoms with E-state index >= 15 is 0 Å². The molecule has 2 aromatic carbocycles. The summed E-state index contributed by atoms with van der Waals surface area (Å²) >= 11 is 0. The van der Waals surface area contributed by atoms with Crippen LogP contribution in [-0.4, -0.2) is 42.3 Å². The number of nitrogens with zero attached hydrogens (tertiary/aromatic N) is 2. The molecule has 0 atom stereocenters. The van der Waals surface area contributed by atoms with E-state index in [1.54, 1.807) is 11.0 Å². The van der Waals surface area contributed by atoms with Gasteiger partial charge in [-0.1, -0.05) is 35.5 Å². The fourth-order valence-corrected chi connectivity index (χ4v) is 3.05. The fourth-order valence-electron chi connectivity index (χ4n) is 3.05. The van der Waals surface area contributed by atoms with E-state index in [9.17, 15) is 4.79 Å². The van der Waals surface area contributed by atoms with Crippen LogP contribution in [0.25, 0.3) is 11.3 Å². The zero-order chi connectivity index (χ0) is 19.9. The van der Waals surface area contributed by atoms with Gasteiger partial charge in [0.25, 0.3) is 0 Å². The summed E-state index contributed by atoms with van der Waals surface area (Å²) in [6.45, 7) is 3.46. The number of ether oxygens (including phenoxy) is 2. The van der Waals surface area contributed by atoms with Crippen LogP contribution in [0.4, 0.5) is 4.79 Å². The van der Waals surface area contributed by atoms with Gasteiger partial charge < -0.3 is 24.2 Å². The van der Waals surface area contributed by atoms with E-state index in [2.05, 4.69) is 10.5 Å². The molecule has 158 valence electrons. The molecule has 1 amide bonds. The van der Waals surface area contributed by atoms with Crippen LogP contribution in [0.1, 0.15) is 11.3 Å². The quantitative estimate of drug-likeness (QED) is 0.640. The molecule has 7 nitrogen and oxygen atoms in total. The van der Waals surface area contributed by atoms with E-state index in [-0.39, 0.29) is 25.1 Å². The number of hydrogen-bond acceptors (Lipinski definition) is 6. The lowest BCUT2D eigenvalue weighted by molar-refractivity contribution is 0.0839. The largest absolute Gasteiger partial charge is 0.489 e. The average molecular weight is 430 g/mol. The molecule has 1 fully saturated rings. The van der Waals surface area contributed by atoms with Gasteiger partial charge >= 0.3 is 6.09 Å². The van der Waals surface area contributed by atoms with Crippen molar-refractivity contribution in [3.05, 3.63) is 72.0 Å². The van der Waals surface area contributed by atoms with E-state index < -0.39 is 0 Å². The summed E-state index contributed by atoms with van der Waals surface area (Å²) in [5.74, 6) is 1.29. The van der Waals surface area contributed by atoms with Crippen molar-refractivity contribution < 1.29 is 18.8 Å². The Morgan fingerprint density at radius 2 is 1.77 bits per heavy atom. The predicted molar refractivity (Wildman–Crippen MR) is 115 cm³/mol. The molecule has 0 radical (unpaired) electrons. The number of carbonyl (C=O) groups excluding carboxylic acids is 1. The maximum Gasteiger partial charge on any atom is 0.410 e. The number of piperazine rings is 1. The van der Waals surface area contributed by atoms with Crippen molar-refractivity contribution >= 4 is 18.5 Å². The van der Waals surface area contributed by atoms with Crippen molar-refractivity contribution in [2.24, 2.45) is 0 Å². The minimum Gasteiger partial charge on any atom is -0.489 e. The molecule has 0 spiro atoms. The normalized spacial score (nSPS) is 13.4. The number of carbonyl (C=O) groups is 1. The first-order chi connectivity index (χ1) is 14.3. The molecule has 2 heterocycles. The molecule has 0 unspecified atom stereocenters. The molecule has 0 bridgehead atoms. The van der Waals surface area contributed by atoms with Crippen molar-refractivity contribution in [1.82, 2.24) is 15.4 Å². The molecule has 1 N–H and O–H groups in total. The van der Waals surface area contributed by atoms with Gasteiger partial charge in [0.2, 0.25) is 0 Å². The summed E-state index contributed by atoms with van der Waals surface area (Å²) in [4.78, 5) is 13.7. The molecule has 4 rings (SSSR count). The second-order valence-corrected chi connectivity index (χ2v) is 6.77. The third kappa shape index (κ3) is 5.75. The molecule has 8 heteroatoms. The Morgan fingerprint density at radius 3 is 2.50 bits per heavy atom. The summed E-state index contributed by atoms with van der Waals surface area (Å²) in [5, 5.41) is 7.27. The molecular formula is C22H24ClN3O4. The van der Waals surface area contributed by atoms with Gasteiger partial charge in [-0.15, -0.1) is 12.4 Å². The third-order valence-corrected chi connectivity index (χ3v) is 4.67. The van der Waals surface area contributed by atoms with E-state index in [0.29, 0.717) is 31.2 Å². The lowest BCUT2D eigenvalue weighted by atomic mass is 10.1.